The monoisotopic (exact) mass is 874 g/mol. The summed E-state index contributed by atoms with van der Waals surface area (Å²) in [5, 5.41) is 3.61. The van der Waals surface area contributed by atoms with E-state index in [9.17, 15) is 0 Å². The Hall–Kier alpha value is -7.82. The molecule has 0 saturated carbocycles. The van der Waals surface area contributed by atoms with Crippen LogP contribution >= 0.6 is 0 Å². The first-order valence-electron chi connectivity index (χ1n) is 24.0. The Bertz CT molecular complexity index is 3790. The maximum absolute atomic E-state index is 6.72. The van der Waals surface area contributed by atoms with Gasteiger partial charge in [-0.2, -0.15) is 0 Å². The van der Waals surface area contributed by atoms with Crippen LogP contribution in [0.25, 0.3) is 88.4 Å². The Kier molecular flexibility index (Phi) is 8.83. The first-order chi connectivity index (χ1) is 33.0. The topological polar surface area (TPSA) is 21.3 Å². The molecule has 2 aliphatic rings. The Morgan fingerprint density at radius 3 is 1.72 bits per heavy atom. The molecule has 0 radical (unpaired) electrons. The second kappa shape index (κ2) is 14.8. The molecule has 0 unspecified atom stereocenters. The van der Waals surface area contributed by atoms with E-state index < -0.39 is 0 Å². The van der Waals surface area contributed by atoms with E-state index in [0.717, 1.165) is 16.7 Å². The molecule has 4 heterocycles. The van der Waals surface area contributed by atoms with E-state index in [-0.39, 0.29) is 12.3 Å². The van der Waals surface area contributed by atoms with Crippen LogP contribution in [0.4, 0.5) is 17.1 Å². The highest BCUT2D eigenvalue weighted by atomic mass is 16.3. The van der Waals surface area contributed by atoms with Crippen LogP contribution in [0.1, 0.15) is 48.6 Å². The number of nitrogens with zero attached hydrogens (tertiary/aromatic N) is 2. The number of anilines is 3. The van der Waals surface area contributed by atoms with E-state index >= 15 is 0 Å². The van der Waals surface area contributed by atoms with Crippen molar-refractivity contribution in [3.8, 4) is 55.6 Å². The molecule has 0 aliphatic carbocycles. The van der Waals surface area contributed by atoms with Gasteiger partial charge in [0.05, 0.1) is 6.26 Å². The van der Waals surface area contributed by atoms with Gasteiger partial charge in [0.15, 0.2) is 0 Å². The number of aryl methyl sites for hydroxylation is 4. The second-order valence-electron chi connectivity index (χ2n) is 20.3. The van der Waals surface area contributed by atoms with E-state index in [4.69, 9.17) is 4.42 Å². The van der Waals surface area contributed by atoms with Crippen LogP contribution in [0.2, 0.25) is 0 Å². The molecule has 326 valence electrons. The Morgan fingerprint density at radius 2 is 1.09 bits per heavy atom. The largest absolute Gasteiger partial charge is 0.464 e. The van der Waals surface area contributed by atoms with E-state index in [1.807, 2.05) is 6.26 Å². The highest BCUT2D eigenvalue weighted by Gasteiger charge is 2.45. The third-order valence-corrected chi connectivity index (χ3v) is 15.1. The van der Waals surface area contributed by atoms with Gasteiger partial charge >= 0.3 is 6.85 Å². The predicted octanol–water partition coefficient (Wildman–Crippen LogP) is 16.2. The SMILES string of the molecule is Cc1cccc(C)c1-c1ccc2c(c1)c1cc(-c3c(C)cccc3C)cc3c1n2B1c2ccc(C(C)(C)C)cc2N(c2cc(-c4ccccc4)cc(-c4ccccc4)c2)c2cc4ccoc4c-3c21. The minimum Gasteiger partial charge on any atom is -0.464 e. The smallest absolute Gasteiger partial charge is 0.333 e. The molecule has 4 heteroatoms. The summed E-state index contributed by atoms with van der Waals surface area (Å²) in [6.45, 7) is 15.8. The molecular weight excluding hydrogens is 824 g/mol. The van der Waals surface area contributed by atoms with Gasteiger partial charge in [-0.3, -0.25) is 0 Å². The highest BCUT2D eigenvalue weighted by Crippen LogP contribution is 2.51. The minimum atomic E-state index is -0.134. The summed E-state index contributed by atoms with van der Waals surface area (Å²) in [5.41, 5.74) is 27.9. The predicted molar refractivity (Wildman–Crippen MR) is 289 cm³/mol. The van der Waals surface area contributed by atoms with E-state index in [1.165, 1.54) is 128 Å². The lowest BCUT2D eigenvalue weighted by Crippen LogP contribution is -2.56. The van der Waals surface area contributed by atoms with Crippen LogP contribution in [0.15, 0.2) is 187 Å². The minimum absolute atomic E-state index is 0.0808. The number of furan rings is 1. The number of rotatable bonds is 5. The standard InChI is InChI=1S/C64H51BN2O/c1-38-16-14-17-39(2)58(38)44-24-27-55-51(33-44)52-34-48(59-40(3)18-15-19-41(59)4)35-53-60-61-57(36-45-28-29-68-63(45)60)66(56-37-49(64(5,6)7)25-26-54(56)65(61)67(55)62(52)53)50-31-46(42-20-10-8-11-21-42)30-47(32-50)43-22-12-9-13-23-43/h8-37H,1-7H3. The average molecular weight is 875 g/mol. The third-order valence-electron chi connectivity index (χ3n) is 15.1. The van der Waals surface area contributed by atoms with E-state index in [2.05, 4.69) is 234 Å². The maximum Gasteiger partial charge on any atom is 0.333 e. The van der Waals surface area contributed by atoms with E-state index in [0.29, 0.717) is 0 Å². The summed E-state index contributed by atoms with van der Waals surface area (Å²) in [6, 6.07) is 66.2. The molecule has 0 N–H and O–H groups in total. The molecule has 11 aromatic rings. The molecule has 0 bridgehead atoms. The Balaban J connectivity index is 1.19. The van der Waals surface area contributed by atoms with Crippen molar-refractivity contribution in [3.63, 3.8) is 0 Å². The molecule has 2 aromatic heterocycles. The molecule has 0 spiro atoms. The fourth-order valence-corrected chi connectivity index (χ4v) is 11.9. The number of aromatic nitrogens is 1. The van der Waals surface area contributed by atoms with Gasteiger partial charge in [-0.1, -0.05) is 136 Å². The van der Waals surface area contributed by atoms with Crippen molar-refractivity contribution in [2.45, 2.75) is 53.9 Å². The number of hydrogen-bond donors (Lipinski definition) is 0. The highest BCUT2D eigenvalue weighted by molar-refractivity contribution is 6.90. The Morgan fingerprint density at radius 1 is 0.471 bits per heavy atom. The van der Waals surface area contributed by atoms with Crippen LogP contribution in [0.5, 0.6) is 0 Å². The summed E-state index contributed by atoms with van der Waals surface area (Å²) in [6.07, 6.45) is 1.88. The van der Waals surface area contributed by atoms with Crippen molar-refractivity contribution in [1.82, 2.24) is 4.48 Å². The van der Waals surface area contributed by atoms with Crippen LogP contribution in [0, 0.1) is 27.7 Å². The fourth-order valence-electron chi connectivity index (χ4n) is 11.9. The molecule has 0 saturated heterocycles. The van der Waals surface area contributed by atoms with Gasteiger partial charge < -0.3 is 13.8 Å². The zero-order valence-electron chi connectivity index (χ0n) is 39.7. The zero-order chi connectivity index (χ0) is 46.2. The van der Waals surface area contributed by atoms with Gasteiger partial charge in [0.2, 0.25) is 0 Å². The molecule has 9 aromatic carbocycles. The van der Waals surface area contributed by atoms with Crippen molar-refractivity contribution in [2.24, 2.45) is 0 Å². The van der Waals surface area contributed by atoms with Gasteiger partial charge in [-0.25, -0.2) is 0 Å². The normalized spacial score (nSPS) is 12.9. The second-order valence-corrected chi connectivity index (χ2v) is 20.3. The van der Waals surface area contributed by atoms with Crippen molar-refractivity contribution in [2.75, 3.05) is 4.90 Å². The molecule has 0 atom stereocenters. The summed E-state index contributed by atoms with van der Waals surface area (Å²) in [5.74, 6) is 0. The summed E-state index contributed by atoms with van der Waals surface area (Å²) >= 11 is 0. The molecule has 2 aliphatic heterocycles. The van der Waals surface area contributed by atoms with Crippen molar-refractivity contribution < 1.29 is 4.42 Å². The van der Waals surface area contributed by atoms with Crippen LogP contribution in [-0.2, 0) is 5.41 Å². The van der Waals surface area contributed by atoms with Crippen molar-refractivity contribution in [3.05, 3.63) is 210 Å². The number of fused-ring (bicyclic) bond motifs is 9. The lowest BCUT2D eigenvalue weighted by atomic mass is 9.45. The van der Waals surface area contributed by atoms with Gasteiger partial charge in [0.1, 0.15) is 5.58 Å². The molecule has 13 rings (SSSR count). The van der Waals surface area contributed by atoms with Crippen LogP contribution in [0.3, 0.4) is 0 Å². The van der Waals surface area contributed by atoms with Gasteiger partial charge in [0.25, 0.3) is 0 Å². The van der Waals surface area contributed by atoms with E-state index in [1.54, 1.807) is 0 Å². The Labute approximate surface area is 399 Å². The molecular formula is C64H51BN2O. The van der Waals surface area contributed by atoms with Crippen molar-refractivity contribution in [1.29, 1.82) is 0 Å². The summed E-state index contributed by atoms with van der Waals surface area (Å²) in [4.78, 5) is 2.58. The van der Waals surface area contributed by atoms with Gasteiger partial charge in [-0.05, 0) is 177 Å². The lowest BCUT2D eigenvalue weighted by Gasteiger charge is -2.41. The third kappa shape index (κ3) is 5.99. The van der Waals surface area contributed by atoms with Gasteiger partial charge in [-0.15, -0.1) is 0 Å². The molecule has 3 nitrogen and oxygen atoms in total. The summed E-state index contributed by atoms with van der Waals surface area (Å²) in [7, 11) is 0. The maximum atomic E-state index is 6.72. The first-order valence-corrected chi connectivity index (χ1v) is 24.0. The number of benzene rings is 9. The quantitative estimate of drug-likeness (QED) is 0.161. The first kappa shape index (κ1) is 40.5. The molecule has 0 fully saturated rings. The van der Waals surface area contributed by atoms with Crippen LogP contribution < -0.4 is 15.8 Å². The molecule has 68 heavy (non-hydrogen) atoms. The molecule has 0 amide bonds. The van der Waals surface area contributed by atoms with Crippen molar-refractivity contribution >= 4 is 67.6 Å². The fraction of sp³-hybridized carbons (Fsp3) is 0.125. The lowest BCUT2D eigenvalue weighted by molar-refractivity contribution is 0.590. The average Bonchev–Trinajstić information content (AvgIpc) is 3.95. The zero-order valence-corrected chi connectivity index (χ0v) is 39.7. The number of hydrogen-bond acceptors (Lipinski definition) is 2. The van der Waals surface area contributed by atoms with Gasteiger partial charge in [0, 0.05) is 55.4 Å². The van der Waals surface area contributed by atoms with Crippen LogP contribution in [-0.4, -0.2) is 11.3 Å². The summed E-state index contributed by atoms with van der Waals surface area (Å²) < 4.78 is 9.41.